The van der Waals surface area contributed by atoms with Crippen molar-refractivity contribution in [3.63, 3.8) is 0 Å². The van der Waals surface area contributed by atoms with E-state index in [-0.39, 0.29) is 0 Å². The molecule has 2 heterocycles. The minimum Gasteiger partial charge on any atom is -0.357 e. The van der Waals surface area contributed by atoms with E-state index in [4.69, 9.17) is 0 Å². The molecule has 0 saturated heterocycles. The number of rotatable bonds is 4. The Morgan fingerprint density at radius 1 is 0.913 bits per heavy atom. The van der Waals surface area contributed by atoms with Crippen molar-refractivity contribution in [3.05, 3.63) is 59.8 Å². The highest BCUT2D eigenvalue weighted by Gasteiger charge is 2.08. The number of benzene rings is 1. The number of pyridine rings is 1. The van der Waals surface area contributed by atoms with Crippen LogP contribution in [0, 0.1) is 13.8 Å². The number of nitrogens with one attached hydrogen (secondary N) is 2. The van der Waals surface area contributed by atoms with E-state index in [1.54, 1.807) is 13.2 Å². The van der Waals surface area contributed by atoms with Crippen LogP contribution in [0.5, 0.6) is 0 Å². The Labute approximate surface area is 135 Å². The van der Waals surface area contributed by atoms with Crippen molar-refractivity contribution in [2.45, 2.75) is 13.8 Å². The van der Waals surface area contributed by atoms with Gasteiger partial charge in [-0.3, -0.25) is 4.98 Å². The fourth-order valence-electron chi connectivity index (χ4n) is 2.29. The Morgan fingerprint density at radius 2 is 1.78 bits per heavy atom. The second-order valence-electron chi connectivity index (χ2n) is 5.30. The van der Waals surface area contributed by atoms with Gasteiger partial charge < -0.3 is 10.6 Å². The monoisotopic (exact) mass is 305 g/mol. The SMILES string of the molecule is CNc1nc(Nc2cccc(C)c2C)cc(-c2ccccn2)n1. The molecule has 5 nitrogen and oxygen atoms in total. The molecule has 0 spiro atoms. The van der Waals surface area contributed by atoms with Gasteiger partial charge in [0.15, 0.2) is 0 Å². The standard InChI is InChI=1S/C18H19N5/c1-12-7-6-9-14(13(12)2)21-17-11-16(22-18(19-3)23-17)15-8-4-5-10-20-15/h4-11H,1-3H3,(H2,19,21,22,23). The van der Waals surface area contributed by atoms with Crippen LogP contribution in [0.2, 0.25) is 0 Å². The molecule has 0 aliphatic rings. The van der Waals surface area contributed by atoms with Crippen molar-refractivity contribution >= 4 is 17.5 Å². The third-order valence-corrected chi connectivity index (χ3v) is 3.74. The maximum Gasteiger partial charge on any atom is 0.225 e. The first kappa shape index (κ1) is 15.0. The lowest BCUT2D eigenvalue weighted by atomic mass is 10.1. The normalized spacial score (nSPS) is 10.4. The molecule has 2 N–H and O–H groups in total. The van der Waals surface area contributed by atoms with Gasteiger partial charge in [-0.1, -0.05) is 18.2 Å². The summed E-state index contributed by atoms with van der Waals surface area (Å²) < 4.78 is 0. The Morgan fingerprint density at radius 3 is 2.52 bits per heavy atom. The van der Waals surface area contributed by atoms with Crippen LogP contribution in [-0.2, 0) is 0 Å². The molecule has 0 aliphatic carbocycles. The number of aryl methyl sites for hydroxylation is 1. The van der Waals surface area contributed by atoms with Crippen molar-refractivity contribution in [2.24, 2.45) is 0 Å². The van der Waals surface area contributed by atoms with E-state index in [9.17, 15) is 0 Å². The summed E-state index contributed by atoms with van der Waals surface area (Å²) in [5, 5.41) is 6.38. The summed E-state index contributed by atoms with van der Waals surface area (Å²) in [6, 6.07) is 13.8. The van der Waals surface area contributed by atoms with Gasteiger partial charge in [-0.2, -0.15) is 4.98 Å². The molecular formula is C18H19N5. The van der Waals surface area contributed by atoms with E-state index in [0.29, 0.717) is 5.95 Å². The Balaban J connectivity index is 2.01. The number of nitrogens with zero attached hydrogens (tertiary/aromatic N) is 3. The molecule has 3 aromatic rings. The highest BCUT2D eigenvalue weighted by Crippen LogP contribution is 2.25. The molecule has 0 bridgehead atoms. The van der Waals surface area contributed by atoms with Gasteiger partial charge in [0.05, 0.1) is 11.4 Å². The van der Waals surface area contributed by atoms with Crippen LogP contribution >= 0.6 is 0 Å². The van der Waals surface area contributed by atoms with Crippen molar-refractivity contribution in [2.75, 3.05) is 17.7 Å². The van der Waals surface area contributed by atoms with Gasteiger partial charge in [0.1, 0.15) is 5.82 Å². The predicted octanol–water partition coefficient (Wildman–Crippen LogP) is 3.94. The van der Waals surface area contributed by atoms with Gasteiger partial charge in [0.2, 0.25) is 5.95 Å². The number of anilines is 3. The van der Waals surface area contributed by atoms with Gasteiger partial charge in [-0.05, 0) is 43.2 Å². The van der Waals surface area contributed by atoms with Crippen molar-refractivity contribution < 1.29 is 0 Å². The molecule has 1 aromatic carbocycles. The van der Waals surface area contributed by atoms with Gasteiger partial charge in [-0.25, -0.2) is 4.98 Å². The smallest absolute Gasteiger partial charge is 0.225 e. The molecule has 0 unspecified atom stereocenters. The maximum atomic E-state index is 4.48. The molecule has 2 aromatic heterocycles. The number of hydrogen-bond donors (Lipinski definition) is 2. The number of hydrogen-bond acceptors (Lipinski definition) is 5. The molecular weight excluding hydrogens is 286 g/mol. The van der Waals surface area contributed by atoms with Crippen LogP contribution in [0.25, 0.3) is 11.4 Å². The summed E-state index contributed by atoms with van der Waals surface area (Å²) in [5.41, 5.74) is 5.07. The third-order valence-electron chi connectivity index (χ3n) is 3.74. The first-order valence-electron chi connectivity index (χ1n) is 7.49. The first-order chi connectivity index (χ1) is 11.2. The van der Waals surface area contributed by atoms with Gasteiger partial charge >= 0.3 is 0 Å². The molecule has 3 rings (SSSR count). The fraction of sp³-hybridized carbons (Fsp3) is 0.167. The summed E-state index contributed by atoms with van der Waals surface area (Å²) in [7, 11) is 1.80. The average molecular weight is 305 g/mol. The van der Waals surface area contributed by atoms with E-state index in [1.807, 2.05) is 36.4 Å². The summed E-state index contributed by atoms with van der Waals surface area (Å²) >= 11 is 0. The quantitative estimate of drug-likeness (QED) is 0.764. The van der Waals surface area contributed by atoms with Gasteiger partial charge in [0.25, 0.3) is 0 Å². The van der Waals surface area contributed by atoms with E-state index in [2.05, 4.69) is 45.5 Å². The topological polar surface area (TPSA) is 62.7 Å². The molecule has 0 saturated carbocycles. The van der Waals surface area contributed by atoms with Crippen molar-refractivity contribution in [3.8, 4) is 11.4 Å². The van der Waals surface area contributed by atoms with Crippen LogP contribution < -0.4 is 10.6 Å². The predicted molar refractivity (Wildman–Crippen MR) is 94.0 cm³/mol. The zero-order chi connectivity index (χ0) is 16.2. The minimum absolute atomic E-state index is 0.556. The molecule has 5 heteroatoms. The van der Waals surface area contributed by atoms with E-state index < -0.39 is 0 Å². The summed E-state index contributed by atoms with van der Waals surface area (Å²) in [5.74, 6) is 1.29. The van der Waals surface area contributed by atoms with E-state index in [1.165, 1.54) is 11.1 Å². The zero-order valence-electron chi connectivity index (χ0n) is 13.5. The molecule has 0 aliphatic heterocycles. The van der Waals surface area contributed by atoms with Gasteiger partial charge in [-0.15, -0.1) is 0 Å². The van der Waals surface area contributed by atoms with Crippen molar-refractivity contribution in [1.29, 1.82) is 0 Å². The zero-order valence-corrected chi connectivity index (χ0v) is 13.5. The summed E-state index contributed by atoms with van der Waals surface area (Å²) in [6.45, 7) is 4.19. The van der Waals surface area contributed by atoms with E-state index >= 15 is 0 Å². The van der Waals surface area contributed by atoms with Crippen LogP contribution in [0.3, 0.4) is 0 Å². The Bertz CT molecular complexity index is 815. The lowest BCUT2D eigenvalue weighted by Gasteiger charge is -2.12. The lowest BCUT2D eigenvalue weighted by Crippen LogP contribution is -2.03. The van der Waals surface area contributed by atoms with Gasteiger partial charge in [0, 0.05) is 25.0 Å². The maximum absolute atomic E-state index is 4.48. The van der Waals surface area contributed by atoms with Crippen LogP contribution in [-0.4, -0.2) is 22.0 Å². The van der Waals surface area contributed by atoms with Crippen LogP contribution in [0.15, 0.2) is 48.7 Å². The van der Waals surface area contributed by atoms with Crippen molar-refractivity contribution in [1.82, 2.24) is 15.0 Å². The lowest BCUT2D eigenvalue weighted by molar-refractivity contribution is 1.14. The Kier molecular flexibility index (Phi) is 4.19. The molecule has 23 heavy (non-hydrogen) atoms. The average Bonchev–Trinajstić information content (AvgIpc) is 2.59. The summed E-state index contributed by atoms with van der Waals surface area (Å²) in [4.78, 5) is 13.3. The summed E-state index contributed by atoms with van der Waals surface area (Å²) in [6.07, 6.45) is 1.76. The molecule has 0 amide bonds. The fourth-order valence-corrected chi connectivity index (χ4v) is 2.29. The molecule has 116 valence electrons. The first-order valence-corrected chi connectivity index (χ1v) is 7.49. The largest absolute Gasteiger partial charge is 0.357 e. The third kappa shape index (κ3) is 3.29. The second-order valence-corrected chi connectivity index (χ2v) is 5.30. The van der Waals surface area contributed by atoms with Crippen LogP contribution in [0.1, 0.15) is 11.1 Å². The second kappa shape index (κ2) is 6.44. The molecule has 0 fully saturated rings. The Hall–Kier alpha value is -2.95. The highest BCUT2D eigenvalue weighted by atomic mass is 15.1. The van der Waals surface area contributed by atoms with E-state index in [0.717, 1.165) is 22.9 Å². The van der Waals surface area contributed by atoms with Crippen LogP contribution in [0.4, 0.5) is 17.5 Å². The molecule has 0 radical (unpaired) electrons. The highest BCUT2D eigenvalue weighted by molar-refractivity contribution is 5.67. The molecule has 0 atom stereocenters. The minimum atomic E-state index is 0.556. The number of aromatic nitrogens is 3.